The third-order valence-corrected chi connectivity index (χ3v) is 4.35. The number of methoxy groups -OCH3 is 1. The molecule has 1 fully saturated rings. The van der Waals surface area contributed by atoms with Gasteiger partial charge in [0.25, 0.3) is 0 Å². The molecule has 1 aromatic carbocycles. The molecule has 1 aliphatic rings. The molecule has 0 radical (unpaired) electrons. The maximum Gasteiger partial charge on any atom is 0.150 e. The summed E-state index contributed by atoms with van der Waals surface area (Å²) in [7, 11) is 1.68. The number of aryl methyl sites for hydroxylation is 1. The van der Waals surface area contributed by atoms with Gasteiger partial charge in [-0.15, -0.1) is 0 Å². The highest BCUT2D eigenvalue weighted by Gasteiger charge is 2.28. The van der Waals surface area contributed by atoms with Crippen molar-refractivity contribution in [3.63, 3.8) is 0 Å². The molecule has 2 N–H and O–H groups in total. The quantitative estimate of drug-likeness (QED) is 0.939. The molecule has 0 bridgehead atoms. The third kappa shape index (κ3) is 3.31. The van der Waals surface area contributed by atoms with Crippen LogP contribution in [0.5, 0.6) is 5.75 Å². The lowest BCUT2D eigenvalue weighted by Crippen LogP contribution is -2.45. The number of rotatable bonds is 4. The van der Waals surface area contributed by atoms with E-state index >= 15 is 0 Å². The van der Waals surface area contributed by atoms with Crippen molar-refractivity contribution in [2.45, 2.75) is 31.8 Å². The van der Waals surface area contributed by atoms with Crippen LogP contribution in [0.2, 0.25) is 0 Å². The van der Waals surface area contributed by atoms with E-state index in [1.165, 1.54) is 5.56 Å². The van der Waals surface area contributed by atoms with Crippen molar-refractivity contribution >= 4 is 0 Å². The average Bonchev–Trinajstić information content (AvgIpc) is 2.94. The number of nitrogens with two attached hydrogens (primary N) is 1. The van der Waals surface area contributed by atoms with Crippen LogP contribution in [-0.4, -0.2) is 36.3 Å². The van der Waals surface area contributed by atoms with Crippen LogP contribution in [0.25, 0.3) is 0 Å². The van der Waals surface area contributed by atoms with Crippen LogP contribution in [0.4, 0.5) is 0 Å². The van der Waals surface area contributed by atoms with Crippen LogP contribution in [0, 0.1) is 6.92 Å². The summed E-state index contributed by atoms with van der Waals surface area (Å²) in [5, 5.41) is 3.95. The molecule has 22 heavy (non-hydrogen) atoms. The summed E-state index contributed by atoms with van der Waals surface area (Å²) in [6.07, 6.45) is 0.990. The van der Waals surface area contributed by atoms with Gasteiger partial charge in [-0.05, 0) is 31.0 Å². The Hall–Kier alpha value is -1.85. The largest absolute Gasteiger partial charge is 0.497 e. The number of nitrogens with zero attached hydrogens (tertiary/aromatic N) is 2. The number of hydrogen-bond acceptors (Lipinski definition) is 5. The van der Waals surface area contributed by atoms with Gasteiger partial charge in [-0.3, -0.25) is 4.90 Å². The summed E-state index contributed by atoms with van der Waals surface area (Å²) in [6.45, 7) is 4.67. The van der Waals surface area contributed by atoms with Crippen LogP contribution in [-0.2, 0) is 6.54 Å². The zero-order valence-electron chi connectivity index (χ0n) is 13.2. The fourth-order valence-corrected chi connectivity index (χ4v) is 3.10. The molecule has 5 nitrogen and oxygen atoms in total. The Morgan fingerprint density at radius 2 is 2.14 bits per heavy atom. The number of benzene rings is 1. The van der Waals surface area contributed by atoms with E-state index in [9.17, 15) is 0 Å². The molecule has 0 amide bonds. The van der Waals surface area contributed by atoms with Gasteiger partial charge in [-0.1, -0.05) is 17.3 Å². The first kappa shape index (κ1) is 15.1. The van der Waals surface area contributed by atoms with Gasteiger partial charge in [-0.2, -0.15) is 0 Å². The van der Waals surface area contributed by atoms with Gasteiger partial charge in [0, 0.05) is 31.1 Å². The van der Waals surface area contributed by atoms with Crippen molar-refractivity contribution in [1.82, 2.24) is 10.1 Å². The molecule has 0 saturated carbocycles. The second kappa shape index (κ2) is 6.50. The van der Waals surface area contributed by atoms with Crippen molar-refractivity contribution in [1.29, 1.82) is 0 Å². The summed E-state index contributed by atoms with van der Waals surface area (Å²) in [4.78, 5) is 2.39. The summed E-state index contributed by atoms with van der Waals surface area (Å²) in [6, 6.07) is 10.4. The number of likely N-dealkylation sites (tertiary alicyclic amines) is 1. The molecule has 1 saturated heterocycles. The average molecular weight is 301 g/mol. The van der Waals surface area contributed by atoms with Crippen LogP contribution < -0.4 is 10.5 Å². The van der Waals surface area contributed by atoms with Crippen molar-refractivity contribution in [2.24, 2.45) is 5.73 Å². The number of hydrogen-bond donors (Lipinski definition) is 1. The molecular weight excluding hydrogens is 278 g/mol. The lowest BCUT2D eigenvalue weighted by molar-refractivity contribution is 0.166. The molecule has 1 aliphatic heterocycles. The Balaban J connectivity index is 1.69. The van der Waals surface area contributed by atoms with Crippen molar-refractivity contribution in [3.05, 3.63) is 47.3 Å². The van der Waals surface area contributed by atoms with Crippen molar-refractivity contribution < 1.29 is 9.26 Å². The van der Waals surface area contributed by atoms with Gasteiger partial charge in [0.15, 0.2) is 5.76 Å². The lowest BCUT2D eigenvalue weighted by atomic mass is 9.86. The molecule has 118 valence electrons. The molecule has 2 unspecified atom stereocenters. The summed E-state index contributed by atoms with van der Waals surface area (Å²) in [5.74, 6) is 2.13. The fourth-order valence-electron chi connectivity index (χ4n) is 3.10. The third-order valence-electron chi connectivity index (χ3n) is 4.35. The number of ether oxygens (including phenoxy) is 1. The minimum absolute atomic E-state index is 0.195. The first-order valence-corrected chi connectivity index (χ1v) is 7.70. The highest BCUT2D eigenvalue weighted by atomic mass is 16.5. The van der Waals surface area contributed by atoms with E-state index in [4.69, 9.17) is 15.0 Å². The Morgan fingerprint density at radius 3 is 2.77 bits per heavy atom. The van der Waals surface area contributed by atoms with Crippen LogP contribution in [0.1, 0.15) is 29.4 Å². The minimum Gasteiger partial charge on any atom is -0.497 e. The molecule has 1 aromatic heterocycles. The Labute approximate surface area is 131 Å². The van der Waals surface area contributed by atoms with Gasteiger partial charge in [0.2, 0.25) is 0 Å². The second-order valence-electron chi connectivity index (χ2n) is 6.00. The van der Waals surface area contributed by atoms with E-state index < -0.39 is 0 Å². The molecular formula is C17H23N3O2. The first-order chi connectivity index (χ1) is 10.7. The highest BCUT2D eigenvalue weighted by Crippen LogP contribution is 2.28. The lowest BCUT2D eigenvalue weighted by Gasteiger charge is -2.36. The summed E-state index contributed by atoms with van der Waals surface area (Å²) < 4.78 is 10.6. The highest BCUT2D eigenvalue weighted by molar-refractivity contribution is 5.30. The van der Waals surface area contributed by atoms with Crippen molar-refractivity contribution in [2.75, 3.05) is 20.2 Å². The maximum atomic E-state index is 6.35. The van der Waals surface area contributed by atoms with Crippen LogP contribution in [0.15, 0.2) is 34.9 Å². The van der Waals surface area contributed by atoms with Gasteiger partial charge < -0.3 is 15.0 Å². The molecule has 2 atom stereocenters. The molecule has 0 aliphatic carbocycles. The van der Waals surface area contributed by atoms with E-state index in [1.54, 1.807) is 7.11 Å². The Bertz CT molecular complexity index is 609. The van der Waals surface area contributed by atoms with E-state index in [0.29, 0.717) is 5.92 Å². The summed E-state index contributed by atoms with van der Waals surface area (Å²) in [5.41, 5.74) is 8.54. The standard InChI is InChI=1S/C17H23N3O2/c1-12-9-15(22-19-12)10-20-8-7-17(18)16(11-20)13-3-5-14(21-2)6-4-13/h3-6,9,16-17H,7-8,10-11,18H2,1-2H3. The first-order valence-electron chi connectivity index (χ1n) is 7.70. The van der Waals surface area contributed by atoms with E-state index in [1.807, 2.05) is 25.1 Å². The van der Waals surface area contributed by atoms with Crippen LogP contribution >= 0.6 is 0 Å². The topological polar surface area (TPSA) is 64.5 Å². The van der Waals surface area contributed by atoms with E-state index in [-0.39, 0.29) is 6.04 Å². The minimum atomic E-state index is 0.195. The summed E-state index contributed by atoms with van der Waals surface area (Å²) >= 11 is 0. The van der Waals surface area contributed by atoms with Gasteiger partial charge in [-0.25, -0.2) is 0 Å². The maximum absolute atomic E-state index is 6.35. The Morgan fingerprint density at radius 1 is 1.36 bits per heavy atom. The van der Waals surface area contributed by atoms with Gasteiger partial charge in [0.05, 0.1) is 19.3 Å². The van der Waals surface area contributed by atoms with E-state index in [2.05, 4.69) is 22.2 Å². The smallest absolute Gasteiger partial charge is 0.150 e. The molecule has 2 aromatic rings. The van der Waals surface area contributed by atoms with Gasteiger partial charge in [0.1, 0.15) is 5.75 Å². The number of piperidine rings is 1. The molecule has 0 spiro atoms. The zero-order chi connectivity index (χ0) is 15.5. The monoisotopic (exact) mass is 301 g/mol. The molecule has 5 heteroatoms. The van der Waals surface area contributed by atoms with Crippen molar-refractivity contribution in [3.8, 4) is 5.75 Å². The second-order valence-corrected chi connectivity index (χ2v) is 6.00. The predicted octanol–water partition coefficient (Wildman–Crippen LogP) is 2.31. The normalized spacial score (nSPS) is 22.7. The van der Waals surface area contributed by atoms with E-state index in [0.717, 1.165) is 43.3 Å². The predicted molar refractivity (Wildman–Crippen MR) is 84.8 cm³/mol. The Kier molecular flexibility index (Phi) is 4.45. The van der Waals surface area contributed by atoms with Crippen LogP contribution in [0.3, 0.4) is 0 Å². The molecule has 2 heterocycles. The molecule has 3 rings (SSSR count). The zero-order valence-corrected chi connectivity index (χ0v) is 13.2. The fraction of sp³-hybridized carbons (Fsp3) is 0.471. The van der Waals surface area contributed by atoms with Gasteiger partial charge >= 0.3 is 0 Å². The number of aromatic nitrogens is 1. The SMILES string of the molecule is COc1ccc(C2CN(Cc3cc(C)no3)CCC2N)cc1.